The molecule has 0 spiro atoms. The molecule has 3 aliphatic rings. The first-order valence-electron chi connectivity index (χ1n) is 8.04. The van der Waals surface area contributed by atoms with Gasteiger partial charge < -0.3 is 0 Å². The summed E-state index contributed by atoms with van der Waals surface area (Å²) in [5, 5.41) is 0. The van der Waals surface area contributed by atoms with E-state index in [1.54, 1.807) is 13.8 Å². The average Bonchev–Trinajstić information content (AvgIpc) is 2.85. The number of carbonyl (C=O) groups excluding carboxylic acids is 2. The fourth-order valence-electron chi connectivity index (χ4n) is 5.07. The van der Waals surface area contributed by atoms with Crippen LogP contribution in [0.5, 0.6) is 0 Å². The van der Waals surface area contributed by atoms with Crippen LogP contribution >= 0.6 is 0 Å². The van der Waals surface area contributed by atoms with Gasteiger partial charge in [-0.1, -0.05) is 48.1 Å². The van der Waals surface area contributed by atoms with Crippen molar-refractivity contribution in [3.63, 3.8) is 0 Å². The fraction of sp³-hybridized carbons (Fsp3) is 0.400. The van der Waals surface area contributed by atoms with Crippen LogP contribution in [0, 0.1) is 17.3 Å². The lowest BCUT2D eigenvalue weighted by Crippen LogP contribution is -2.42. The van der Waals surface area contributed by atoms with Crippen molar-refractivity contribution in [2.45, 2.75) is 32.6 Å². The van der Waals surface area contributed by atoms with E-state index in [-0.39, 0.29) is 17.5 Å². The molecule has 0 aliphatic heterocycles. The molecule has 4 rings (SSSR count). The van der Waals surface area contributed by atoms with E-state index in [1.165, 1.54) is 16.7 Å². The zero-order chi connectivity index (χ0) is 15.5. The second-order valence-corrected chi connectivity index (χ2v) is 6.93. The van der Waals surface area contributed by atoms with Gasteiger partial charge in [-0.05, 0) is 49.7 Å². The summed E-state index contributed by atoms with van der Waals surface area (Å²) in [4.78, 5) is 24.9. The Bertz CT molecular complexity index is 724. The van der Waals surface area contributed by atoms with E-state index in [0.717, 1.165) is 6.42 Å². The third-order valence-corrected chi connectivity index (χ3v) is 6.05. The van der Waals surface area contributed by atoms with Crippen molar-refractivity contribution in [3.05, 3.63) is 53.1 Å². The van der Waals surface area contributed by atoms with Crippen molar-refractivity contribution in [3.8, 4) is 0 Å². The molecule has 2 heteroatoms. The smallest absolute Gasteiger partial charge is 0.143 e. The van der Waals surface area contributed by atoms with E-state index in [0.29, 0.717) is 18.3 Å². The van der Waals surface area contributed by atoms with Crippen LogP contribution in [-0.4, -0.2) is 11.6 Å². The molecule has 0 amide bonds. The highest BCUT2D eigenvalue weighted by Gasteiger charge is 2.59. The molecule has 2 nitrogen and oxygen atoms in total. The van der Waals surface area contributed by atoms with Gasteiger partial charge in [0, 0.05) is 5.92 Å². The van der Waals surface area contributed by atoms with Crippen LogP contribution in [0.4, 0.5) is 0 Å². The van der Waals surface area contributed by atoms with Gasteiger partial charge in [0.15, 0.2) is 0 Å². The number of allylic oxidation sites excluding steroid dienone is 3. The number of hydrogen-bond acceptors (Lipinski definition) is 2. The predicted octanol–water partition coefficient (Wildman–Crippen LogP) is 3.93. The quantitative estimate of drug-likeness (QED) is 0.611. The Kier molecular flexibility index (Phi) is 2.81. The van der Waals surface area contributed by atoms with Crippen molar-refractivity contribution in [1.82, 2.24) is 0 Å². The van der Waals surface area contributed by atoms with Gasteiger partial charge in [0.2, 0.25) is 0 Å². The number of hydrogen-bond donors (Lipinski definition) is 0. The summed E-state index contributed by atoms with van der Waals surface area (Å²) in [5.74, 6) is 0.831. The largest absolute Gasteiger partial charge is 0.299 e. The molecule has 0 saturated heterocycles. The summed E-state index contributed by atoms with van der Waals surface area (Å²) in [6.07, 6.45) is 8.14. The maximum absolute atomic E-state index is 12.5. The highest BCUT2D eigenvalue weighted by molar-refractivity contribution is 6.06. The molecule has 3 aliphatic carbocycles. The monoisotopic (exact) mass is 292 g/mol. The zero-order valence-electron chi connectivity index (χ0n) is 13.0. The molecule has 0 unspecified atom stereocenters. The number of carbonyl (C=O) groups is 2. The van der Waals surface area contributed by atoms with Crippen LogP contribution in [0.15, 0.2) is 42.0 Å². The Labute approximate surface area is 130 Å². The van der Waals surface area contributed by atoms with Gasteiger partial charge in [-0.2, -0.15) is 0 Å². The summed E-state index contributed by atoms with van der Waals surface area (Å²) in [6.45, 7) is 3.19. The molecule has 0 radical (unpaired) electrons. The standard InChI is InChI=1S/C20H20O2/c1-12(21)20(13(2)22)11-15-10-14-6-3-4-7-16(14)17-8-5-9-18(20)19(15)17/h3-8,10,17-19H,9,11H2,1-2H3/t17-,18-,19+/m0/s1. The summed E-state index contributed by atoms with van der Waals surface area (Å²) in [7, 11) is 0. The first-order chi connectivity index (χ1) is 10.6. The lowest BCUT2D eigenvalue weighted by molar-refractivity contribution is -0.141. The highest BCUT2D eigenvalue weighted by Crippen LogP contribution is 2.61. The van der Waals surface area contributed by atoms with Gasteiger partial charge in [-0.3, -0.25) is 9.59 Å². The molecule has 22 heavy (non-hydrogen) atoms. The first-order valence-corrected chi connectivity index (χ1v) is 8.04. The third kappa shape index (κ3) is 1.55. The molecule has 3 atom stereocenters. The lowest BCUT2D eigenvalue weighted by atomic mass is 9.63. The van der Waals surface area contributed by atoms with E-state index in [1.807, 2.05) is 0 Å². The van der Waals surface area contributed by atoms with Crippen molar-refractivity contribution >= 4 is 17.6 Å². The van der Waals surface area contributed by atoms with Crippen LogP contribution in [0.3, 0.4) is 0 Å². The molecule has 0 bridgehead atoms. The van der Waals surface area contributed by atoms with E-state index in [4.69, 9.17) is 0 Å². The molecule has 1 aromatic carbocycles. The SMILES string of the molecule is CC(=O)C1(C(C)=O)CC2=Cc3ccccc3[C@@H]3C=CC[C@H]1[C@H]23. The number of ketones is 2. The van der Waals surface area contributed by atoms with Crippen molar-refractivity contribution in [2.24, 2.45) is 17.3 Å². The van der Waals surface area contributed by atoms with Crippen molar-refractivity contribution in [1.29, 1.82) is 0 Å². The summed E-state index contributed by atoms with van der Waals surface area (Å²) >= 11 is 0. The van der Waals surface area contributed by atoms with Gasteiger partial charge in [-0.15, -0.1) is 0 Å². The summed E-state index contributed by atoms with van der Waals surface area (Å²) in [5.41, 5.74) is 3.07. The van der Waals surface area contributed by atoms with Crippen LogP contribution in [0.1, 0.15) is 43.7 Å². The third-order valence-electron chi connectivity index (χ3n) is 6.05. The van der Waals surface area contributed by atoms with Gasteiger partial charge in [-0.25, -0.2) is 0 Å². The molecular weight excluding hydrogens is 272 g/mol. The van der Waals surface area contributed by atoms with E-state index in [2.05, 4.69) is 42.5 Å². The van der Waals surface area contributed by atoms with E-state index >= 15 is 0 Å². The fourth-order valence-corrected chi connectivity index (χ4v) is 5.07. The Morgan fingerprint density at radius 3 is 2.59 bits per heavy atom. The second kappa shape index (κ2) is 4.52. The Balaban J connectivity index is 1.93. The number of benzene rings is 1. The summed E-state index contributed by atoms with van der Waals surface area (Å²) < 4.78 is 0. The van der Waals surface area contributed by atoms with Crippen LogP contribution in [0.2, 0.25) is 0 Å². The predicted molar refractivity (Wildman–Crippen MR) is 86.3 cm³/mol. The molecule has 1 saturated carbocycles. The summed E-state index contributed by atoms with van der Waals surface area (Å²) in [6, 6.07) is 8.45. The molecule has 0 heterocycles. The highest BCUT2D eigenvalue weighted by atomic mass is 16.2. The number of rotatable bonds is 2. The van der Waals surface area contributed by atoms with Gasteiger partial charge in [0.25, 0.3) is 0 Å². The molecule has 1 fully saturated rings. The van der Waals surface area contributed by atoms with E-state index in [9.17, 15) is 9.59 Å². The number of fused-ring (bicyclic) bond motifs is 2. The Morgan fingerprint density at radius 2 is 1.86 bits per heavy atom. The lowest BCUT2D eigenvalue weighted by Gasteiger charge is -2.39. The molecule has 0 aromatic heterocycles. The maximum atomic E-state index is 12.5. The van der Waals surface area contributed by atoms with Crippen molar-refractivity contribution in [2.75, 3.05) is 0 Å². The molecule has 0 N–H and O–H groups in total. The Hall–Kier alpha value is -1.96. The zero-order valence-corrected chi connectivity index (χ0v) is 13.0. The topological polar surface area (TPSA) is 34.1 Å². The molecular formula is C20H20O2. The van der Waals surface area contributed by atoms with Gasteiger partial charge in [0.1, 0.15) is 11.6 Å². The Morgan fingerprint density at radius 1 is 1.14 bits per heavy atom. The van der Waals surface area contributed by atoms with Crippen LogP contribution < -0.4 is 0 Å². The maximum Gasteiger partial charge on any atom is 0.143 e. The first kappa shape index (κ1) is 13.7. The minimum Gasteiger partial charge on any atom is -0.299 e. The second-order valence-electron chi connectivity index (χ2n) is 6.93. The number of Topliss-reactive ketones (excluding diaryl/α,β-unsaturated/α-hetero) is 2. The van der Waals surface area contributed by atoms with Crippen LogP contribution in [0.25, 0.3) is 6.08 Å². The molecule has 112 valence electrons. The van der Waals surface area contributed by atoms with Gasteiger partial charge in [0.05, 0.1) is 5.41 Å². The minimum atomic E-state index is -0.804. The van der Waals surface area contributed by atoms with Gasteiger partial charge >= 0.3 is 0 Å². The average molecular weight is 292 g/mol. The van der Waals surface area contributed by atoms with Crippen LogP contribution in [-0.2, 0) is 9.59 Å². The van der Waals surface area contributed by atoms with Crippen molar-refractivity contribution < 1.29 is 9.59 Å². The minimum absolute atomic E-state index is 0.0402. The normalized spacial score (nSPS) is 30.3. The molecule has 1 aromatic rings. The van der Waals surface area contributed by atoms with E-state index < -0.39 is 5.41 Å².